The monoisotopic (exact) mass is 1610 g/mol. The molecule has 0 aromatic rings. The van der Waals surface area contributed by atoms with Crippen LogP contribution in [0, 0.1) is 29.6 Å². The van der Waals surface area contributed by atoms with Gasteiger partial charge >= 0.3 is 11.9 Å². The fraction of sp³-hybridized carbons (Fsp3) is 0.658. The van der Waals surface area contributed by atoms with Gasteiger partial charge in [0.25, 0.3) is 5.91 Å². The molecule has 7 aliphatic heterocycles. The van der Waals surface area contributed by atoms with Gasteiger partial charge in [0, 0.05) is 56.8 Å². The second-order valence-corrected chi connectivity index (χ2v) is 30.5. The molecule has 7 rings (SSSR count). The van der Waals surface area contributed by atoms with Crippen molar-refractivity contribution in [1.82, 2.24) is 47.9 Å². The Morgan fingerprint density at radius 1 is 0.675 bits per heavy atom. The van der Waals surface area contributed by atoms with Crippen molar-refractivity contribution in [2.75, 3.05) is 32.8 Å². The number of primary amides is 1. The maximum absolute atomic E-state index is 14.1. The van der Waals surface area contributed by atoms with Gasteiger partial charge in [0.2, 0.25) is 41.4 Å². The number of hydrogen-bond acceptors (Lipinski definition) is 26. The number of nitrogens with one attached hydrogen (secondary N) is 9. The summed E-state index contributed by atoms with van der Waals surface area (Å²) in [6.07, 6.45) is 17.1. The third kappa shape index (κ3) is 29.5. The van der Waals surface area contributed by atoms with Crippen LogP contribution in [0.25, 0.3) is 0 Å². The molecule has 35 nitrogen and oxygen atoms in total. The maximum Gasteiger partial charge on any atom is 0.331 e. The number of hydrogen-bond donors (Lipinski definition) is 19. The number of β-amino-alcohol motifs (C(OH)–C–C–N with tert-alkyl or cyclic N) is 1. The number of allylic oxidation sites excluding steroid dienone is 7. The van der Waals surface area contributed by atoms with Gasteiger partial charge in [-0.2, -0.15) is 0 Å². The number of amides is 8. The van der Waals surface area contributed by atoms with Gasteiger partial charge < -0.3 is 118 Å². The van der Waals surface area contributed by atoms with Crippen LogP contribution in [0.15, 0.2) is 96.7 Å². The van der Waals surface area contributed by atoms with Crippen LogP contribution in [0.4, 0.5) is 0 Å². The minimum Gasteiger partial charge on any atom is -0.480 e. The first-order chi connectivity index (χ1) is 54.1. The summed E-state index contributed by atoms with van der Waals surface area (Å²) in [7, 11) is 0. The molecule has 636 valence electrons. The number of carboxylic acid groups (broad SMARTS) is 1. The van der Waals surface area contributed by atoms with Crippen LogP contribution in [0.5, 0.6) is 0 Å². The molecule has 0 aromatic carbocycles. The van der Waals surface area contributed by atoms with Gasteiger partial charge in [-0.05, 0) is 102 Å². The number of aliphatic carboxylic acids is 1. The van der Waals surface area contributed by atoms with Crippen molar-refractivity contribution in [1.29, 1.82) is 0 Å². The predicted molar refractivity (Wildman–Crippen MR) is 411 cm³/mol. The summed E-state index contributed by atoms with van der Waals surface area (Å²) in [6, 6.07) is -11.7. The normalized spacial score (nSPS) is 33.3. The number of carbonyl (C=O) groups is 11. The lowest BCUT2D eigenvalue weighted by atomic mass is 9.87. The lowest BCUT2D eigenvalue weighted by Crippen LogP contribution is -2.64. The number of ketones is 1. The van der Waals surface area contributed by atoms with Crippen molar-refractivity contribution >= 4 is 65.0 Å². The molecule has 4 fully saturated rings. The molecule has 8 amide bonds. The number of fused-ring (bicyclic) bond motifs is 13. The molecule has 114 heavy (non-hydrogen) atoms. The first-order valence-corrected chi connectivity index (χ1v) is 39.2. The molecule has 20 N–H and O–H groups in total. The molecule has 26 atom stereocenters. The SMILES string of the molecule is CC(=CC(C)CCCCC(=O)NCCNC(C)C(=O)NCC1NC(O)C(C(=O)O)NC(=O)C(O)CNC(=O)C(C(C)O)NC(=O)C(C(O)C(O)C(N)=O)NC(=O)C(C(C)C)CC(=O)C(CO)NC1=O)C1OC2C=CC1OC(=O)C=CC=CC=CC1OC3CC1OC(C=CCC1OC(CCC1C)C(O)C(O)C=CCCC=CC2)C3C. The van der Waals surface area contributed by atoms with E-state index in [1.807, 2.05) is 72.3 Å². The molecule has 0 aliphatic carbocycles. The number of carbonyl (C=O) groups excluding carboxylic acids is 10. The van der Waals surface area contributed by atoms with Crippen molar-refractivity contribution < 1.29 is 122 Å². The van der Waals surface area contributed by atoms with E-state index in [1.165, 1.54) is 26.8 Å². The van der Waals surface area contributed by atoms with Crippen molar-refractivity contribution in [3.05, 3.63) is 96.7 Å². The van der Waals surface area contributed by atoms with Crippen molar-refractivity contribution in [3.63, 3.8) is 0 Å². The van der Waals surface area contributed by atoms with E-state index in [-0.39, 0.29) is 79.8 Å². The number of nitrogens with two attached hydrogens (primary N) is 1. The smallest absolute Gasteiger partial charge is 0.331 e. The third-order valence-electron chi connectivity index (χ3n) is 21.0. The summed E-state index contributed by atoms with van der Waals surface area (Å²) in [6.45, 7) is 10.6. The highest BCUT2D eigenvalue weighted by Crippen LogP contribution is 2.39. The van der Waals surface area contributed by atoms with Crippen LogP contribution >= 0.6 is 0 Å². The Morgan fingerprint density at radius 2 is 1.39 bits per heavy atom. The molecule has 0 spiro atoms. The molecule has 0 saturated carbocycles. The minimum absolute atomic E-state index is 0.0135. The molecule has 7 aliphatic rings. The van der Waals surface area contributed by atoms with Gasteiger partial charge in [-0.25, -0.2) is 9.59 Å². The Labute approximate surface area is 663 Å². The van der Waals surface area contributed by atoms with Crippen molar-refractivity contribution in [2.45, 2.75) is 266 Å². The van der Waals surface area contributed by atoms with E-state index >= 15 is 0 Å². The second kappa shape index (κ2) is 47.1. The van der Waals surface area contributed by atoms with Crippen molar-refractivity contribution in [2.24, 2.45) is 35.3 Å². The summed E-state index contributed by atoms with van der Waals surface area (Å²) in [5, 5.41) is 117. The van der Waals surface area contributed by atoms with Gasteiger partial charge in [-0.15, -0.1) is 0 Å². The molecule has 0 aromatic heterocycles. The highest BCUT2D eigenvalue weighted by atomic mass is 16.6. The van der Waals surface area contributed by atoms with E-state index in [2.05, 4.69) is 64.0 Å². The van der Waals surface area contributed by atoms with Crippen LogP contribution in [-0.4, -0.2) is 278 Å². The molecule has 7 heterocycles. The van der Waals surface area contributed by atoms with Crippen LogP contribution < -0.4 is 53.6 Å². The second-order valence-electron chi connectivity index (χ2n) is 30.5. The number of carboxylic acids is 1. The Bertz CT molecular complexity index is 3490. The van der Waals surface area contributed by atoms with E-state index in [1.54, 1.807) is 24.3 Å². The van der Waals surface area contributed by atoms with Crippen LogP contribution in [-0.2, 0) is 76.4 Å². The Balaban J connectivity index is 1.03. The summed E-state index contributed by atoms with van der Waals surface area (Å²) in [5.74, 6) is -15.0. The summed E-state index contributed by atoms with van der Waals surface area (Å²) >= 11 is 0. The van der Waals surface area contributed by atoms with E-state index in [9.17, 15) is 98.7 Å². The number of unbranched alkanes of at least 4 members (excludes halogenated alkanes) is 1. The van der Waals surface area contributed by atoms with Gasteiger partial charge in [0.05, 0.1) is 61.9 Å². The summed E-state index contributed by atoms with van der Waals surface area (Å²) < 4.78 is 32.0. The predicted octanol–water partition coefficient (Wildman–Crippen LogP) is -2.44. The fourth-order valence-electron chi connectivity index (χ4n) is 13.9. The highest BCUT2D eigenvalue weighted by Gasteiger charge is 2.47. The lowest BCUT2D eigenvalue weighted by Gasteiger charge is -2.37. The number of aliphatic hydroxyl groups is 8. The van der Waals surface area contributed by atoms with Crippen LogP contribution in [0.2, 0.25) is 0 Å². The van der Waals surface area contributed by atoms with Crippen LogP contribution in [0.1, 0.15) is 132 Å². The minimum atomic E-state index is -2.54. The van der Waals surface area contributed by atoms with E-state index in [0.717, 1.165) is 25.3 Å². The standard InChI is InChI=1S/C79H120N10O25/c1-41(2)49-36-53(93)51(40-90)86-74(103)50(85-78(107)66(79(108)109)89-75(104)54(94)39-84-76(105)64(47(8)91)87-77(106)65(88-73(49)102)68(98)69(99)71(80)100)38-83-72(101)46(7)81-33-34-82-62(95)27-19-18-21-42(3)35-44(5)70-59-32-30-48(110-70)22-14-10-9-11-15-23-52(92)67(97)58-31-29-43(4)55(111-58)25-20-26-56-45(6)60-37-61(112-56)57(113-60)24-16-12-13-17-28-63(96)114-59/h10,12-17,20,23-24,26,28,30,32,35,41-43,45-52,54-61,64-70,78,81,85,90-92,94,97-99,107H,9,11,18-19,21-22,25,27,29,31,33-34,36-40H2,1-8H3,(H2,80,100)(H,82,95)(H,83,101)(H,84,105)(H,86,103)(H,87,106)(H,88,102)(H,89,104)(H,108,109). The molecular formula is C79H120N10O25. The van der Waals surface area contributed by atoms with Gasteiger partial charge in [0.15, 0.2) is 24.0 Å². The lowest BCUT2D eigenvalue weighted by molar-refractivity contribution is -0.149. The summed E-state index contributed by atoms with van der Waals surface area (Å²) in [4.78, 5) is 146. The average Bonchev–Trinajstić information content (AvgIpc) is 1.59. The quantitative estimate of drug-likeness (QED) is 0.0322. The van der Waals surface area contributed by atoms with Gasteiger partial charge in [-0.1, -0.05) is 120 Å². The average molecular weight is 1610 g/mol. The first-order valence-electron chi connectivity index (χ1n) is 39.2. The van der Waals surface area contributed by atoms with E-state index in [0.29, 0.717) is 51.4 Å². The van der Waals surface area contributed by atoms with Crippen LogP contribution in [0.3, 0.4) is 0 Å². The summed E-state index contributed by atoms with van der Waals surface area (Å²) in [5.41, 5.74) is 5.99. The fourth-order valence-corrected chi connectivity index (χ4v) is 13.9. The molecule has 4 saturated heterocycles. The Kier molecular flexibility index (Phi) is 39.1. The molecule has 0 radical (unpaired) electrons. The molecule has 26 unspecified atom stereocenters. The number of aliphatic hydroxyl groups excluding tert-OH is 8. The third-order valence-corrected chi connectivity index (χ3v) is 21.0. The van der Waals surface area contributed by atoms with Gasteiger partial charge in [0.1, 0.15) is 67.0 Å². The molecule has 7 bridgehead atoms. The Hall–Kier alpha value is -8.27. The molecular weight excluding hydrogens is 1490 g/mol. The van der Waals surface area contributed by atoms with Gasteiger partial charge in [-0.3, -0.25) is 48.5 Å². The zero-order valence-corrected chi connectivity index (χ0v) is 65.9. The number of Topliss-reactive ketones (excluding diaryl/α,β-unsaturated/α-hetero) is 1. The van der Waals surface area contributed by atoms with E-state index < -0.39 is 194 Å². The number of rotatable bonds is 21. The zero-order chi connectivity index (χ0) is 84.0. The topological polar surface area (TPSA) is 550 Å². The van der Waals surface area contributed by atoms with Crippen molar-refractivity contribution in [3.8, 4) is 0 Å². The number of esters is 1. The van der Waals surface area contributed by atoms with E-state index in [4.69, 9.17) is 29.4 Å². The number of ether oxygens (including phenoxy) is 5. The maximum atomic E-state index is 14.1. The highest BCUT2D eigenvalue weighted by molar-refractivity contribution is 5.97. The first kappa shape index (κ1) is 94.6. The Morgan fingerprint density at radius 3 is 2.09 bits per heavy atom. The molecule has 35 heteroatoms. The largest absolute Gasteiger partial charge is 0.480 e. The zero-order valence-electron chi connectivity index (χ0n) is 65.9.